The largest absolute Gasteiger partial charge is 0.375 e. The Morgan fingerprint density at radius 3 is 1.72 bits per heavy atom. The van der Waals surface area contributed by atoms with Crippen molar-refractivity contribution in [2.24, 2.45) is 0 Å². The molecule has 3 aromatic carbocycles. The van der Waals surface area contributed by atoms with Gasteiger partial charge in [-0.1, -0.05) is 66.7 Å². The normalized spacial score (nSPS) is 12.2. The molecule has 0 spiro atoms. The van der Waals surface area contributed by atoms with Crippen LogP contribution in [0, 0.1) is 0 Å². The van der Waals surface area contributed by atoms with Crippen LogP contribution in [0.4, 0.5) is 0 Å². The van der Waals surface area contributed by atoms with Crippen LogP contribution in [-0.4, -0.2) is 47.4 Å². The van der Waals surface area contributed by atoms with E-state index in [1.54, 1.807) is 36.4 Å². The van der Waals surface area contributed by atoms with Gasteiger partial charge in [0.25, 0.3) is 10.1 Å². The molecule has 0 unspecified atom stereocenters. The summed E-state index contributed by atoms with van der Waals surface area (Å²) in [5, 5.41) is 0. The van der Waals surface area contributed by atoms with E-state index in [-0.39, 0.29) is 36.1 Å². The minimum Gasteiger partial charge on any atom is -0.375 e. The molecule has 0 heterocycles. The average molecular weight is 476 g/mol. The molecule has 0 aromatic heterocycles. The maximum Gasteiger partial charge on any atom is 0.297 e. The molecule has 0 fully saturated rings. The van der Waals surface area contributed by atoms with Crippen LogP contribution in [-0.2, 0) is 35.7 Å². The zero-order valence-corrected chi connectivity index (χ0v) is 19.0. The first-order valence-electron chi connectivity index (χ1n) is 10.0. The standard InChI is InChI=1S/C23H25NO6S2/c25-31(26,22-12-6-2-7-13-22)24(16-18-29-20-21-10-4-1-5-11-21)17-19-30-32(27,28)23-14-8-3-9-15-23/h1-15H,16-20H2. The molecular formula is C23H25NO6S2. The predicted octanol–water partition coefficient (Wildman–Crippen LogP) is 3.30. The van der Waals surface area contributed by atoms with Gasteiger partial charge in [0.05, 0.1) is 29.6 Å². The smallest absolute Gasteiger partial charge is 0.297 e. The van der Waals surface area contributed by atoms with Gasteiger partial charge >= 0.3 is 0 Å². The summed E-state index contributed by atoms with van der Waals surface area (Å²) in [7, 11) is -7.83. The highest BCUT2D eigenvalue weighted by molar-refractivity contribution is 7.89. The molecule has 0 aliphatic rings. The Morgan fingerprint density at radius 1 is 0.625 bits per heavy atom. The Hall–Kier alpha value is -2.56. The highest BCUT2D eigenvalue weighted by Gasteiger charge is 2.25. The molecular weight excluding hydrogens is 450 g/mol. The molecule has 32 heavy (non-hydrogen) atoms. The molecule has 0 aliphatic carbocycles. The minimum atomic E-state index is -3.98. The molecule has 7 nitrogen and oxygen atoms in total. The summed E-state index contributed by atoms with van der Waals surface area (Å²) in [5.74, 6) is 0. The number of rotatable bonds is 12. The maximum absolute atomic E-state index is 13.1. The molecule has 3 aromatic rings. The van der Waals surface area contributed by atoms with E-state index < -0.39 is 20.1 Å². The molecule has 0 amide bonds. The van der Waals surface area contributed by atoms with Crippen LogP contribution in [0.15, 0.2) is 101 Å². The van der Waals surface area contributed by atoms with E-state index >= 15 is 0 Å². The lowest BCUT2D eigenvalue weighted by molar-refractivity contribution is 0.108. The molecule has 170 valence electrons. The summed E-state index contributed by atoms with van der Waals surface area (Å²) in [6.07, 6.45) is 0. The van der Waals surface area contributed by atoms with Crippen LogP contribution in [0.5, 0.6) is 0 Å². The van der Waals surface area contributed by atoms with Crippen LogP contribution in [0.1, 0.15) is 5.56 Å². The van der Waals surface area contributed by atoms with Gasteiger partial charge in [0, 0.05) is 13.1 Å². The molecule has 0 saturated heterocycles. The second kappa shape index (κ2) is 11.3. The van der Waals surface area contributed by atoms with E-state index in [0.717, 1.165) is 5.56 Å². The van der Waals surface area contributed by atoms with E-state index in [2.05, 4.69) is 0 Å². The summed E-state index contributed by atoms with van der Waals surface area (Å²) < 4.78 is 62.7. The van der Waals surface area contributed by atoms with Crippen molar-refractivity contribution >= 4 is 20.1 Å². The van der Waals surface area contributed by atoms with Gasteiger partial charge in [0.2, 0.25) is 10.0 Å². The fraction of sp³-hybridized carbons (Fsp3) is 0.217. The fourth-order valence-corrected chi connectivity index (χ4v) is 5.28. The monoisotopic (exact) mass is 475 g/mol. The maximum atomic E-state index is 13.1. The van der Waals surface area contributed by atoms with Crippen molar-refractivity contribution in [3.05, 3.63) is 96.6 Å². The average Bonchev–Trinajstić information content (AvgIpc) is 2.82. The molecule has 0 radical (unpaired) electrons. The third-order valence-electron chi connectivity index (χ3n) is 4.59. The first kappa shape index (κ1) is 24.1. The van der Waals surface area contributed by atoms with E-state index in [1.165, 1.54) is 28.6 Å². The van der Waals surface area contributed by atoms with Crippen LogP contribution < -0.4 is 0 Å². The number of nitrogens with zero attached hydrogens (tertiary/aromatic N) is 1. The number of hydrogen-bond donors (Lipinski definition) is 0. The summed E-state index contributed by atoms with van der Waals surface area (Å²) in [6.45, 7) is 0.0874. The first-order valence-corrected chi connectivity index (χ1v) is 12.9. The lowest BCUT2D eigenvalue weighted by Gasteiger charge is -2.22. The molecule has 0 saturated carbocycles. The van der Waals surface area contributed by atoms with E-state index in [1.807, 2.05) is 30.3 Å². The molecule has 0 aliphatic heterocycles. The van der Waals surface area contributed by atoms with Crippen LogP contribution in [0.25, 0.3) is 0 Å². The minimum absolute atomic E-state index is 0.0173. The van der Waals surface area contributed by atoms with Crippen molar-refractivity contribution in [3.8, 4) is 0 Å². The summed E-state index contributed by atoms with van der Waals surface area (Å²) in [6, 6.07) is 25.2. The molecule has 9 heteroatoms. The van der Waals surface area contributed by atoms with Gasteiger partial charge in [-0.3, -0.25) is 4.18 Å². The van der Waals surface area contributed by atoms with Crippen LogP contribution in [0.2, 0.25) is 0 Å². The highest BCUT2D eigenvalue weighted by atomic mass is 32.2. The fourth-order valence-electron chi connectivity index (χ4n) is 2.93. The lowest BCUT2D eigenvalue weighted by Crippen LogP contribution is -2.37. The number of benzene rings is 3. The summed E-state index contributed by atoms with van der Waals surface area (Å²) >= 11 is 0. The van der Waals surface area contributed by atoms with Crippen molar-refractivity contribution < 1.29 is 25.8 Å². The van der Waals surface area contributed by atoms with Gasteiger partial charge in [0.15, 0.2) is 0 Å². The number of hydrogen-bond acceptors (Lipinski definition) is 6. The third kappa shape index (κ3) is 6.72. The third-order valence-corrected chi connectivity index (χ3v) is 7.83. The Labute approximate surface area is 189 Å². The Kier molecular flexibility index (Phi) is 8.54. The first-order chi connectivity index (χ1) is 15.4. The van der Waals surface area contributed by atoms with Crippen LogP contribution in [0.3, 0.4) is 0 Å². The van der Waals surface area contributed by atoms with Crippen molar-refractivity contribution in [1.82, 2.24) is 4.31 Å². The van der Waals surface area contributed by atoms with Gasteiger partial charge in [-0.05, 0) is 29.8 Å². The second-order valence-corrected chi connectivity index (χ2v) is 10.4. The van der Waals surface area contributed by atoms with Crippen molar-refractivity contribution in [2.75, 3.05) is 26.3 Å². The molecule has 0 bridgehead atoms. The highest BCUT2D eigenvalue weighted by Crippen LogP contribution is 2.16. The van der Waals surface area contributed by atoms with Crippen molar-refractivity contribution in [2.45, 2.75) is 16.4 Å². The SMILES string of the molecule is O=S(=O)(OCCN(CCOCc1ccccc1)S(=O)(=O)c1ccccc1)c1ccccc1. The van der Waals surface area contributed by atoms with Gasteiger partial charge in [-0.2, -0.15) is 12.7 Å². The van der Waals surface area contributed by atoms with Gasteiger partial charge in [-0.15, -0.1) is 0 Å². The number of sulfonamides is 1. The summed E-state index contributed by atoms with van der Waals surface area (Å²) in [4.78, 5) is 0.137. The van der Waals surface area contributed by atoms with E-state index in [9.17, 15) is 16.8 Å². The zero-order valence-electron chi connectivity index (χ0n) is 17.4. The summed E-state index contributed by atoms with van der Waals surface area (Å²) in [5.41, 5.74) is 0.974. The van der Waals surface area contributed by atoms with Crippen LogP contribution >= 0.6 is 0 Å². The zero-order chi connectivity index (χ0) is 22.9. The van der Waals surface area contributed by atoms with Gasteiger partial charge in [0.1, 0.15) is 0 Å². The molecule has 0 atom stereocenters. The van der Waals surface area contributed by atoms with Gasteiger partial charge < -0.3 is 4.74 Å². The van der Waals surface area contributed by atoms with E-state index in [4.69, 9.17) is 8.92 Å². The number of ether oxygens (including phenoxy) is 1. The Bertz CT molecular complexity index is 1170. The molecule has 0 N–H and O–H groups in total. The quantitative estimate of drug-likeness (QED) is 0.295. The Morgan fingerprint density at radius 2 is 1.12 bits per heavy atom. The second-order valence-electron chi connectivity index (χ2n) is 6.84. The Balaban J connectivity index is 1.65. The molecule has 3 rings (SSSR count). The van der Waals surface area contributed by atoms with Crippen molar-refractivity contribution in [1.29, 1.82) is 0 Å². The van der Waals surface area contributed by atoms with Crippen molar-refractivity contribution in [3.63, 3.8) is 0 Å². The predicted molar refractivity (Wildman–Crippen MR) is 121 cm³/mol. The van der Waals surface area contributed by atoms with E-state index in [0.29, 0.717) is 6.61 Å². The van der Waals surface area contributed by atoms with Gasteiger partial charge in [-0.25, -0.2) is 8.42 Å². The topological polar surface area (TPSA) is 90.0 Å². The lowest BCUT2D eigenvalue weighted by atomic mass is 10.2.